The molecule has 136 valence electrons. The number of ether oxygens (including phenoxy) is 2. The predicted molar refractivity (Wildman–Crippen MR) is 94.9 cm³/mol. The molecular formula is C17H23N3O4S. The summed E-state index contributed by atoms with van der Waals surface area (Å²) in [6.07, 6.45) is 0.766. The van der Waals surface area contributed by atoms with E-state index in [2.05, 4.69) is 9.82 Å². The molecule has 0 atom stereocenters. The van der Waals surface area contributed by atoms with Gasteiger partial charge in [0.25, 0.3) is 10.0 Å². The SMILES string of the molecule is Cc1nn(C(C)C)c(C)c1NS(=O)(=O)c1ccc2c(c1)OCCCO2. The molecule has 8 heteroatoms. The Morgan fingerprint density at radius 2 is 1.84 bits per heavy atom. The third-order valence-corrected chi connectivity index (χ3v) is 5.43. The standard InChI is InChI=1S/C17H23N3O4S/c1-11(2)20-13(4)17(12(3)18-20)19-25(21,22)14-6-7-15-16(10-14)24-9-5-8-23-15/h6-7,10-11,19H,5,8-9H2,1-4H3. The highest BCUT2D eigenvalue weighted by Crippen LogP contribution is 2.33. The lowest BCUT2D eigenvalue weighted by atomic mass is 10.3. The number of hydrogen-bond acceptors (Lipinski definition) is 5. The van der Waals surface area contributed by atoms with E-state index in [0.29, 0.717) is 36.1 Å². The summed E-state index contributed by atoms with van der Waals surface area (Å²) < 4.78 is 41.2. The summed E-state index contributed by atoms with van der Waals surface area (Å²) in [7, 11) is -3.75. The second kappa shape index (κ2) is 6.59. The van der Waals surface area contributed by atoms with Gasteiger partial charge in [0.05, 0.1) is 35.2 Å². The van der Waals surface area contributed by atoms with E-state index in [9.17, 15) is 8.42 Å². The number of aryl methyl sites for hydroxylation is 1. The van der Waals surface area contributed by atoms with Gasteiger partial charge in [0.2, 0.25) is 0 Å². The predicted octanol–water partition coefficient (Wildman–Crippen LogP) is 3.04. The molecule has 0 saturated carbocycles. The largest absolute Gasteiger partial charge is 0.490 e. The molecule has 0 aliphatic carbocycles. The van der Waals surface area contributed by atoms with E-state index in [0.717, 1.165) is 12.1 Å². The monoisotopic (exact) mass is 365 g/mol. The molecule has 2 aromatic rings. The zero-order valence-corrected chi connectivity index (χ0v) is 15.7. The molecule has 0 unspecified atom stereocenters. The molecule has 1 aromatic heterocycles. The highest BCUT2D eigenvalue weighted by molar-refractivity contribution is 7.92. The van der Waals surface area contributed by atoms with Crippen molar-refractivity contribution in [3.8, 4) is 11.5 Å². The van der Waals surface area contributed by atoms with Gasteiger partial charge in [-0.3, -0.25) is 9.40 Å². The van der Waals surface area contributed by atoms with E-state index < -0.39 is 10.0 Å². The first-order valence-electron chi connectivity index (χ1n) is 8.28. The van der Waals surface area contributed by atoms with Gasteiger partial charge in [-0.05, 0) is 39.8 Å². The van der Waals surface area contributed by atoms with Crippen LogP contribution >= 0.6 is 0 Å². The van der Waals surface area contributed by atoms with Crippen molar-refractivity contribution < 1.29 is 17.9 Å². The second-order valence-corrected chi connectivity index (χ2v) is 8.03. The lowest BCUT2D eigenvalue weighted by Gasteiger charge is -2.12. The summed E-state index contributed by atoms with van der Waals surface area (Å²) in [6, 6.07) is 4.80. The molecule has 2 heterocycles. The second-order valence-electron chi connectivity index (χ2n) is 6.35. The van der Waals surface area contributed by atoms with Gasteiger partial charge in [0, 0.05) is 18.5 Å². The third kappa shape index (κ3) is 3.44. The lowest BCUT2D eigenvalue weighted by Crippen LogP contribution is -2.14. The average molecular weight is 365 g/mol. The van der Waals surface area contributed by atoms with Crippen molar-refractivity contribution in [2.75, 3.05) is 17.9 Å². The van der Waals surface area contributed by atoms with Crippen LogP contribution in [0.4, 0.5) is 5.69 Å². The van der Waals surface area contributed by atoms with Crippen LogP contribution in [0.3, 0.4) is 0 Å². The topological polar surface area (TPSA) is 82.5 Å². The maximum Gasteiger partial charge on any atom is 0.262 e. The zero-order valence-electron chi connectivity index (χ0n) is 14.9. The van der Waals surface area contributed by atoms with Gasteiger partial charge < -0.3 is 9.47 Å². The highest BCUT2D eigenvalue weighted by Gasteiger charge is 2.22. The summed E-state index contributed by atoms with van der Waals surface area (Å²) in [5, 5.41) is 4.42. The van der Waals surface area contributed by atoms with E-state index in [1.54, 1.807) is 17.7 Å². The van der Waals surface area contributed by atoms with Crippen LogP contribution in [0.15, 0.2) is 23.1 Å². The van der Waals surface area contributed by atoms with E-state index in [1.165, 1.54) is 12.1 Å². The molecule has 3 rings (SSSR count). The number of benzene rings is 1. The minimum atomic E-state index is -3.75. The minimum Gasteiger partial charge on any atom is -0.490 e. The minimum absolute atomic E-state index is 0.132. The molecule has 0 spiro atoms. The van der Waals surface area contributed by atoms with Gasteiger partial charge >= 0.3 is 0 Å². The Kier molecular flexibility index (Phi) is 4.64. The molecule has 0 bridgehead atoms. The summed E-state index contributed by atoms with van der Waals surface area (Å²) in [5.41, 5.74) is 1.94. The quantitative estimate of drug-likeness (QED) is 0.900. The third-order valence-electron chi connectivity index (χ3n) is 4.08. The molecule has 1 aliphatic heterocycles. The number of anilines is 1. The highest BCUT2D eigenvalue weighted by atomic mass is 32.2. The molecule has 1 aromatic carbocycles. The van der Waals surface area contributed by atoms with Crippen LogP contribution in [0.25, 0.3) is 0 Å². The van der Waals surface area contributed by atoms with Crippen LogP contribution in [-0.4, -0.2) is 31.4 Å². The Hall–Kier alpha value is -2.22. The van der Waals surface area contributed by atoms with Crippen molar-refractivity contribution in [2.24, 2.45) is 0 Å². The molecule has 0 saturated heterocycles. The fourth-order valence-corrected chi connectivity index (χ4v) is 4.01. The summed E-state index contributed by atoms with van der Waals surface area (Å²) in [6.45, 7) is 8.71. The average Bonchev–Trinajstić information content (AvgIpc) is 2.75. The molecule has 7 nitrogen and oxygen atoms in total. The lowest BCUT2D eigenvalue weighted by molar-refractivity contribution is 0.297. The Labute approximate surface area is 148 Å². The first kappa shape index (κ1) is 17.6. The first-order valence-corrected chi connectivity index (χ1v) is 9.76. The fraction of sp³-hybridized carbons (Fsp3) is 0.471. The molecule has 1 aliphatic rings. The molecule has 0 fully saturated rings. The Morgan fingerprint density at radius 1 is 1.16 bits per heavy atom. The summed E-state index contributed by atoms with van der Waals surface area (Å²) in [4.78, 5) is 0.132. The van der Waals surface area contributed by atoms with Gasteiger partial charge in [-0.15, -0.1) is 0 Å². The number of rotatable bonds is 4. The smallest absolute Gasteiger partial charge is 0.262 e. The van der Waals surface area contributed by atoms with E-state index >= 15 is 0 Å². The molecular weight excluding hydrogens is 342 g/mol. The van der Waals surface area contributed by atoms with Gasteiger partial charge in [-0.2, -0.15) is 5.10 Å². The van der Waals surface area contributed by atoms with Crippen molar-refractivity contribution in [2.45, 2.75) is 45.1 Å². The number of sulfonamides is 1. The van der Waals surface area contributed by atoms with E-state index in [-0.39, 0.29) is 10.9 Å². The van der Waals surface area contributed by atoms with Crippen molar-refractivity contribution in [3.05, 3.63) is 29.6 Å². The maximum atomic E-state index is 12.8. The molecule has 1 N–H and O–H groups in total. The van der Waals surface area contributed by atoms with Gasteiger partial charge in [0.1, 0.15) is 0 Å². The maximum absolute atomic E-state index is 12.8. The zero-order chi connectivity index (χ0) is 18.2. The van der Waals surface area contributed by atoms with Gasteiger partial charge in [0.15, 0.2) is 11.5 Å². The summed E-state index contributed by atoms with van der Waals surface area (Å²) in [5.74, 6) is 1.02. The first-order chi connectivity index (χ1) is 11.8. The van der Waals surface area contributed by atoms with Crippen LogP contribution in [0, 0.1) is 13.8 Å². The van der Waals surface area contributed by atoms with Crippen molar-refractivity contribution in [1.82, 2.24) is 9.78 Å². The van der Waals surface area contributed by atoms with Gasteiger partial charge in [-0.1, -0.05) is 0 Å². The number of aromatic nitrogens is 2. The number of hydrogen-bond donors (Lipinski definition) is 1. The molecule has 0 radical (unpaired) electrons. The van der Waals surface area contributed by atoms with Crippen LogP contribution in [0.2, 0.25) is 0 Å². The number of nitrogens with one attached hydrogen (secondary N) is 1. The van der Waals surface area contributed by atoms with Crippen molar-refractivity contribution >= 4 is 15.7 Å². The van der Waals surface area contributed by atoms with E-state index in [4.69, 9.17) is 9.47 Å². The van der Waals surface area contributed by atoms with Crippen LogP contribution < -0.4 is 14.2 Å². The number of fused-ring (bicyclic) bond motifs is 1. The Bertz CT molecular complexity index is 888. The van der Waals surface area contributed by atoms with Crippen molar-refractivity contribution in [3.63, 3.8) is 0 Å². The fourth-order valence-electron chi connectivity index (χ4n) is 2.82. The Balaban J connectivity index is 1.94. The van der Waals surface area contributed by atoms with Crippen LogP contribution in [-0.2, 0) is 10.0 Å². The normalized spacial score (nSPS) is 14.4. The molecule has 0 amide bonds. The number of nitrogens with zero attached hydrogens (tertiary/aromatic N) is 2. The van der Waals surface area contributed by atoms with E-state index in [1.807, 2.05) is 20.8 Å². The van der Waals surface area contributed by atoms with Crippen LogP contribution in [0.1, 0.15) is 37.7 Å². The van der Waals surface area contributed by atoms with Gasteiger partial charge in [-0.25, -0.2) is 8.42 Å². The van der Waals surface area contributed by atoms with Crippen LogP contribution in [0.5, 0.6) is 11.5 Å². The Morgan fingerprint density at radius 3 is 2.48 bits per heavy atom. The molecule has 25 heavy (non-hydrogen) atoms. The van der Waals surface area contributed by atoms with Crippen molar-refractivity contribution in [1.29, 1.82) is 0 Å². The summed E-state index contributed by atoms with van der Waals surface area (Å²) >= 11 is 0.